The van der Waals surface area contributed by atoms with Crippen LogP contribution in [0.4, 0.5) is 0 Å². The largest absolute Gasteiger partial charge is 0.272 e. The topological polar surface area (TPSA) is 72.2 Å². The van der Waals surface area contributed by atoms with Crippen LogP contribution >= 0.6 is 50.9 Å². The minimum absolute atomic E-state index is 0.0943. The van der Waals surface area contributed by atoms with E-state index in [0.29, 0.717) is 26.6 Å². The van der Waals surface area contributed by atoms with Gasteiger partial charge in [-0.2, -0.15) is 5.10 Å². The number of nitrogens with zero attached hydrogens (tertiary/aromatic N) is 4. The number of halogens is 3. The summed E-state index contributed by atoms with van der Waals surface area (Å²) in [5, 5.41) is 14.2. The summed E-state index contributed by atoms with van der Waals surface area (Å²) in [6, 6.07) is 22.7. The van der Waals surface area contributed by atoms with E-state index in [1.54, 1.807) is 18.2 Å². The molecule has 10 heteroatoms. The molecule has 166 valence electrons. The van der Waals surface area contributed by atoms with Crippen molar-refractivity contribution in [2.24, 2.45) is 5.10 Å². The average molecular weight is 561 g/mol. The molecule has 1 aromatic heterocycles. The van der Waals surface area contributed by atoms with Crippen LogP contribution in [-0.2, 0) is 4.79 Å². The molecule has 0 unspecified atom stereocenters. The van der Waals surface area contributed by atoms with Crippen LogP contribution in [0, 0.1) is 0 Å². The zero-order valence-electron chi connectivity index (χ0n) is 17.0. The summed E-state index contributed by atoms with van der Waals surface area (Å²) >= 11 is 16.9. The Hall–Kier alpha value is -2.65. The van der Waals surface area contributed by atoms with Crippen molar-refractivity contribution in [1.82, 2.24) is 20.2 Å². The number of rotatable bonds is 7. The Labute approximate surface area is 213 Å². The molecule has 0 spiro atoms. The van der Waals surface area contributed by atoms with Crippen LogP contribution in [-0.4, -0.2) is 32.6 Å². The molecule has 4 aromatic rings. The smallest absolute Gasteiger partial charge is 0.250 e. The van der Waals surface area contributed by atoms with Crippen molar-refractivity contribution in [2.75, 3.05) is 5.75 Å². The Morgan fingerprint density at radius 3 is 2.39 bits per heavy atom. The molecule has 4 rings (SSSR count). The lowest BCUT2D eigenvalue weighted by Gasteiger charge is -2.10. The Morgan fingerprint density at radius 2 is 1.70 bits per heavy atom. The van der Waals surface area contributed by atoms with Crippen LogP contribution in [0.3, 0.4) is 0 Å². The van der Waals surface area contributed by atoms with E-state index in [1.165, 1.54) is 18.0 Å². The highest BCUT2D eigenvalue weighted by Gasteiger charge is 2.17. The highest BCUT2D eigenvalue weighted by Crippen LogP contribution is 2.28. The van der Waals surface area contributed by atoms with Gasteiger partial charge in [-0.15, -0.1) is 10.2 Å². The molecule has 6 nitrogen and oxygen atoms in total. The highest BCUT2D eigenvalue weighted by atomic mass is 79.9. The van der Waals surface area contributed by atoms with Gasteiger partial charge in [-0.1, -0.05) is 87.3 Å². The molecular weight excluding hydrogens is 545 g/mol. The number of hydrogen-bond acceptors (Lipinski definition) is 5. The van der Waals surface area contributed by atoms with E-state index in [1.807, 2.05) is 59.2 Å². The fourth-order valence-corrected chi connectivity index (χ4v) is 4.43. The van der Waals surface area contributed by atoms with Gasteiger partial charge in [-0.3, -0.25) is 9.36 Å². The second kappa shape index (κ2) is 11.0. The van der Waals surface area contributed by atoms with Gasteiger partial charge in [0.15, 0.2) is 11.0 Å². The Balaban J connectivity index is 1.51. The van der Waals surface area contributed by atoms with Gasteiger partial charge in [0, 0.05) is 21.3 Å². The van der Waals surface area contributed by atoms with Crippen LogP contribution in [0.5, 0.6) is 0 Å². The van der Waals surface area contributed by atoms with E-state index >= 15 is 0 Å². The first-order chi connectivity index (χ1) is 16.0. The van der Waals surface area contributed by atoms with Gasteiger partial charge < -0.3 is 0 Å². The number of benzene rings is 3. The van der Waals surface area contributed by atoms with Crippen molar-refractivity contribution in [1.29, 1.82) is 0 Å². The molecule has 1 N–H and O–H groups in total. The molecule has 0 aliphatic rings. The normalized spacial score (nSPS) is 11.1. The number of aromatic nitrogens is 3. The molecule has 0 saturated heterocycles. The fourth-order valence-electron chi connectivity index (χ4n) is 2.93. The van der Waals surface area contributed by atoms with Gasteiger partial charge in [0.2, 0.25) is 0 Å². The standard InChI is InChI=1S/C23H16BrCl2N5OS/c24-16-9-11-17(12-10-16)31-22(15-5-2-1-3-6-15)29-30-23(31)33-14-21(32)28-27-13-18-19(25)7-4-8-20(18)26/h1-13H,14H2,(H,28,32). The maximum absolute atomic E-state index is 12.4. The zero-order chi connectivity index (χ0) is 23.2. The molecule has 0 fully saturated rings. The van der Waals surface area contributed by atoms with Crippen molar-refractivity contribution >= 4 is 63.0 Å². The first-order valence-electron chi connectivity index (χ1n) is 9.68. The average Bonchev–Trinajstić information content (AvgIpc) is 3.25. The van der Waals surface area contributed by atoms with E-state index < -0.39 is 0 Å². The number of nitrogens with one attached hydrogen (secondary N) is 1. The number of amides is 1. The first-order valence-corrected chi connectivity index (χ1v) is 12.2. The van der Waals surface area contributed by atoms with Gasteiger partial charge >= 0.3 is 0 Å². The van der Waals surface area contributed by atoms with Crippen LogP contribution in [0.1, 0.15) is 5.56 Å². The van der Waals surface area contributed by atoms with Crippen molar-refractivity contribution in [2.45, 2.75) is 5.16 Å². The SMILES string of the molecule is O=C(CSc1nnc(-c2ccccc2)n1-c1ccc(Br)cc1)NN=Cc1c(Cl)cccc1Cl. The maximum atomic E-state index is 12.4. The van der Waals surface area contributed by atoms with Crippen molar-refractivity contribution < 1.29 is 4.79 Å². The summed E-state index contributed by atoms with van der Waals surface area (Å²) in [6.07, 6.45) is 1.42. The van der Waals surface area contributed by atoms with Crippen LogP contribution in [0.2, 0.25) is 10.0 Å². The maximum Gasteiger partial charge on any atom is 0.250 e. The molecule has 0 aliphatic heterocycles. The van der Waals surface area contributed by atoms with Gasteiger partial charge in [0.05, 0.1) is 22.0 Å². The molecule has 0 bridgehead atoms. The lowest BCUT2D eigenvalue weighted by atomic mass is 10.2. The predicted octanol–water partition coefficient (Wildman–Crippen LogP) is 6.25. The summed E-state index contributed by atoms with van der Waals surface area (Å²) in [5.74, 6) is 0.482. The second-order valence-electron chi connectivity index (χ2n) is 6.70. The second-order valence-corrected chi connectivity index (χ2v) is 9.37. The molecule has 0 aliphatic carbocycles. The third-order valence-corrected chi connectivity index (χ3v) is 6.58. The predicted molar refractivity (Wildman–Crippen MR) is 137 cm³/mol. The molecule has 1 heterocycles. The summed E-state index contributed by atoms with van der Waals surface area (Å²) in [7, 11) is 0. The van der Waals surface area contributed by atoms with Crippen molar-refractivity contribution in [3.63, 3.8) is 0 Å². The summed E-state index contributed by atoms with van der Waals surface area (Å²) in [4.78, 5) is 12.4. The minimum atomic E-state index is -0.300. The highest BCUT2D eigenvalue weighted by molar-refractivity contribution is 9.10. The van der Waals surface area contributed by atoms with Crippen LogP contribution in [0.25, 0.3) is 17.1 Å². The Kier molecular flexibility index (Phi) is 7.82. The molecular formula is C23H16BrCl2N5OS. The Morgan fingerprint density at radius 1 is 1.00 bits per heavy atom. The Bertz CT molecular complexity index is 1280. The van der Waals surface area contributed by atoms with Gasteiger partial charge in [-0.05, 0) is 36.4 Å². The van der Waals surface area contributed by atoms with Crippen LogP contribution in [0.15, 0.2) is 87.5 Å². The van der Waals surface area contributed by atoms with Crippen LogP contribution < -0.4 is 5.43 Å². The summed E-state index contributed by atoms with van der Waals surface area (Å²) in [6.45, 7) is 0. The van der Waals surface area contributed by atoms with E-state index in [4.69, 9.17) is 23.2 Å². The quantitative estimate of drug-likeness (QED) is 0.165. The van der Waals surface area contributed by atoms with Crippen molar-refractivity contribution in [3.05, 3.63) is 92.9 Å². The molecule has 33 heavy (non-hydrogen) atoms. The third kappa shape index (κ3) is 5.83. The van der Waals surface area contributed by atoms with E-state index in [-0.39, 0.29) is 11.7 Å². The zero-order valence-corrected chi connectivity index (χ0v) is 20.9. The summed E-state index contributed by atoms with van der Waals surface area (Å²) < 4.78 is 2.89. The monoisotopic (exact) mass is 559 g/mol. The van der Waals surface area contributed by atoms with E-state index in [9.17, 15) is 4.79 Å². The number of carbonyl (C=O) groups excluding carboxylic acids is 1. The lowest BCUT2D eigenvalue weighted by Crippen LogP contribution is -2.20. The van der Waals surface area contributed by atoms with Gasteiger partial charge in [-0.25, -0.2) is 5.43 Å². The molecule has 0 radical (unpaired) electrons. The number of hydrogen-bond donors (Lipinski definition) is 1. The fraction of sp³-hybridized carbons (Fsp3) is 0.0435. The third-order valence-electron chi connectivity index (χ3n) is 4.47. The van der Waals surface area contributed by atoms with Gasteiger partial charge in [0.1, 0.15) is 0 Å². The number of thioether (sulfide) groups is 1. The molecule has 1 amide bonds. The lowest BCUT2D eigenvalue weighted by molar-refractivity contribution is -0.118. The minimum Gasteiger partial charge on any atom is -0.272 e. The summed E-state index contributed by atoms with van der Waals surface area (Å²) in [5.41, 5.74) is 4.84. The van der Waals surface area contributed by atoms with E-state index in [0.717, 1.165) is 15.7 Å². The van der Waals surface area contributed by atoms with Crippen molar-refractivity contribution in [3.8, 4) is 17.1 Å². The first kappa shape index (κ1) is 23.5. The van der Waals surface area contributed by atoms with Gasteiger partial charge in [0.25, 0.3) is 5.91 Å². The molecule has 0 saturated carbocycles. The number of hydrazone groups is 1. The molecule has 0 atom stereocenters. The molecule has 3 aromatic carbocycles. The number of carbonyl (C=O) groups is 1. The van der Waals surface area contributed by atoms with E-state index in [2.05, 4.69) is 36.7 Å².